The van der Waals surface area contributed by atoms with Crippen molar-refractivity contribution >= 4 is 11.9 Å². The molecular weight excluding hydrogens is 306 g/mol. The number of nitrogens with one attached hydrogen (secondary N) is 1. The van der Waals surface area contributed by atoms with Crippen LogP contribution in [0.3, 0.4) is 0 Å². The Morgan fingerprint density at radius 1 is 1.29 bits per heavy atom. The molecule has 0 bridgehead atoms. The van der Waals surface area contributed by atoms with Gasteiger partial charge in [-0.25, -0.2) is 9.97 Å². The number of piperidine rings is 1. The average Bonchev–Trinajstić information content (AvgIpc) is 3.37. The summed E-state index contributed by atoms with van der Waals surface area (Å²) in [5.41, 5.74) is 1.13. The van der Waals surface area contributed by atoms with Crippen LogP contribution in [0.15, 0.2) is 22.9 Å². The largest absolute Gasteiger partial charge is 0.360 e. The van der Waals surface area contributed by atoms with Crippen molar-refractivity contribution < 1.29 is 9.32 Å². The maximum Gasteiger partial charge on any atom is 0.273 e. The Labute approximate surface area is 140 Å². The third-order valence-electron chi connectivity index (χ3n) is 4.51. The first-order valence-electron chi connectivity index (χ1n) is 8.61. The summed E-state index contributed by atoms with van der Waals surface area (Å²) in [5, 5.41) is 6.70. The van der Waals surface area contributed by atoms with Gasteiger partial charge < -0.3 is 14.7 Å². The van der Waals surface area contributed by atoms with Gasteiger partial charge in [0.2, 0.25) is 5.95 Å². The average molecular weight is 327 g/mol. The predicted molar refractivity (Wildman–Crippen MR) is 87.7 cm³/mol. The van der Waals surface area contributed by atoms with Crippen LogP contribution in [0, 0.1) is 0 Å². The summed E-state index contributed by atoms with van der Waals surface area (Å²) in [5.74, 6) is 1.78. The molecule has 7 heteroatoms. The van der Waals surface area contributed by atoms with Gasteiger partial charge in [0.05, 0.1) is 12.2 Å². The molecule has 1 saturated heterocycles. The Balaban J connectivity index is 1.36. The first-order chi connectivity index (χ1) is 11.8. The third-order valence-corrected chi connectivity index (χ3v) is 4.51. The monoisotopic (exact) mass is 327 g/mol. The number of hydrogen-bond donors (Lipinski definition) is 1. The van der Waals surface area contributed by atoms with E-state index in [9.17, 15) is 4.79 Å². The summed E-state index contributed by atoms with van der Waals surface area (Å²) in [7, 11) is 0. The van der Waals surface area contributed by atoms with E-state index in [-0.39, 0.29) is 5.91 Å². The first-order valence-corrected chi connectivity index (χ1v) is 8.61. The van der Waals surface area contributed by atoms with Crippen molar-refractivity contribution in [2.45, 2.75) is 44.6 Å². The van der Waals surface area contributed by atoms with Crippen molar-refractivity contribution in [3.05, 3.63) is 35.5 Å². The Morgan fingerprint density at radius 3 is 2.92 bits per heavy atom. The standard InChI is InChI=1S/C17H21N5O2/c23-16(14-10-15(24-21-14)12-4-5-12)19-11-13-6-7-18-17(20-13)22-8-2-1-3-9-22/h6-7,10,12H,1-5,8-9,11H2,(H,19,23). The molecule has 1 aliphatic carbocycles. The van der Waals surface area contributed by atoms with Gasteiger partial charge in [-0.05, 0) is 38.2 Å². The molecule has 0 spiro atoms. The smallest absolute Gasteiger partial charge is 0.273 e. The van der Waals surface area contributed by atoms with E-state index >= 15 is 0 Å². The van der Waals surface area contributed by atoms with Gasteiger partial charge >= 0.3 is 0 Å². The summed E-state index contributed by atoms with van der Waals surface area (Å²) in [6.07, 6.45) is 7.62. The molecule has 2 fully saturated rings. The normalized spacial score (nSPS) is 17.8. The summed E-state index contributed by atoms with van der Waals surface area (Å²) in [6.45, 7) is 2.35. The van der Waals surface area contributed by atoms with E-state index in [0.29, 0.717) is 18.2 Å². The van der Waals surface area contributed by atoms with Crippen molar-refractivity contribution in [1.82, 2.24) is 20.4 Å². The van der Waals surface area contributed by atoms with E-state index in [2.05, 4.69) is 25.3 Å². The van der Waals surface area contributed by atoms with Crippen LogP contribution in [-0.4, -0.2) is 34.1 Å². The fourth-order valence-electron chi connectivity index (χ4n) is 2.95. The van der Waals surface area contributed by atoms with E-state index < -0.39 is 0 Å². The molecule has 1 amide bonds. The van der Waals surface area contributed by atoms with Crippen molar-refractivity contribution in [1.29, 1.82) is 0 Å². The van der Waals surface area contributed by atoms with Crippen LogP contribution < -0.4 is 10.2 Å². The molecule has 0 radical (unpaired) electrons. The fourth-order valence-corrected chi connectivity index (χ4v) is 2.95. The molecule has 126 valence electrons. The molecule has 1 N–H and O–H groups in total. The third kappa shape index (κ3) is 3.39. The fraction of sp³-hybridized carbons (Fsp3) is 0.529. The lowest BCUT2D eigenvalue weighted by Crippen LogP contribution is -2.31. The molecular formula is C17H21N5O2. The van der Waals surface area contributed by atoms with Gasteiger partial charge in [-0.2, -0.15) is 0 Å². The molecule has 4 rings (SSSR count). The van der Waals surface area contributed by atoms with Gasteiger partial charge in [0.15, 0.2) is 5.69 Å². The molecule has 2 aromatic heterocycles. The molecule has 0 unspecified atom stereocenters. The highest BCUT2D eigenvalue weighted by molar-refractivity contribution is 5.92. The minimum absolute atomic E-state index is 0.233. The van der Waals surface area contributed by atoms with Crippen molar-refractivity contribution in [3.63, 3.8) is 0 Å². The SMILES string of the molecule is O=C(NCc1ccnc(N2CCCCC2)n1)c1cc(C2CC2)on1. The number of hydrogen-bond acceptors (Lipinski definition) is 6. The Bertz CT molecular complexity index is 719. The van der Waals surface area contributed by atoms with Crippen molar-refractivity contribution in [2.75, 3.05) is 18.0 Å². The van der Waals surface area contributed by atoms with E-state index in [1.165, 1.54) is 19.3 Å². The van der Waals surface area contributed by atoms with Crippen LogP contribution in [0.2, 0.25) is 0 Å². The van der Waals surface area contributed by atoms with E-state index in [4.69, 9.17) is 4.52 Å². The molecule has 1 saturated carbocycles. The number of rotatable bonds is 5. The molecule has 2 aromatic rings. The van der Waals surface area contributed by atoms with E-state index in [1.807, 2.05) is 6.07 Å². The number of carbonyl (C=O) groups excluding carboxylic acids is 1. The second kappa shape index (κ2) is 6.59. The van der Waals surface area contributed by atoms with Crippen LogP contribution in [0.1, 0.15) is 60.0 Å². The zero-order valence-electron chi connectivity index (χ0n) is 13.6. The van der Waals surface area contributed by atoms with Gasteiger partial charge in [0, 0.05) is 31.3 Å². The number of anilines is 1. The minimum atomic E-state index is -0.233. The van der Waals surface area contributed by atoms with Crippen LogP contribution in [0.5, 0.6) is 0 Å². The molecule has 0 aromatic carbocycles. The highest BCUT2D eigenvalue weighted by atomic mass is 16.5. The lowest BCUT2D eigenvalue weighted by molar-refractivity contribution is 0.0941. The summed E-state index contributed by atoms with van der Waals surface area (Å²) in [6, 6.07) is 3.57. The zero-order chi connectivity index (χ0) is 16.4. The summed E-state index contributed by atoms with van der Waals surface area (Å²) < 4.78 is 5.22. The van der Waals surface area contributed by atoms with Crippen LogP contribution >= 0.6 is 0 Å². The molecule has 7 nitrogen and oxygen atoms in total. The Morgan fingerprint density at radius 2 is 2.12 bits per heavy atom. The molecule has 2 aliphatic rings. The number of amides is 1. The minimum Gasteiger partial charge on any atom is -0.360 e. The lowest BCUT2D eigenvalue weighted by Gasteiger charge is -2.26. The summed E-state index contributed by atoms with van der Waals surface area (Å²) >= 11 is 0. The molecule has 0 atom stereocenters. The molecule has 3 heterocycles. The van der Waals surface area contributed by atoms with Gasteiger partial charge in [0.25, 0.3) is 5.91 Å². The number of carbonyl (C=O) groups is 1. The zero-order valence-corrected chi connectivity index (χ0v) is 13.6. The first kappa shape index (κ1) is 15.1. The topological polar surface area (TPSA) is 84.2 Å². The van der Waals surface area contributed by atoms with Gasteiger partial charge in [-0.15, -0.1) is 0 Å². The predicted octanol–water partition coefficient (Wildman–Crippen LogP) is 2.26. The molecule has 24 heavy (non-hydrogen) atoms. The highest BCUT2D eigenvalue weighted by Gasteiger charge is 2.28. The second-order valence-corrected chi connectivity index (χ2v) is 6.47. The lowest BCUT2D eigenvalue weighted by atomic mass is 10.1. The number of nitrogens with zero attached hydrogens (tertiary/aromatic N) is 4. The molecule has 1 aliphatic heterocycles. The second-order valence-electron chi connectivity index (χ2n) is 6.47. The Hall–Kier alpha value is -2.44. The van der Waals surface area contributed by atoms with Crippen molar-refractivity contribution in [3.8, 4) is 0 Å². The van der Waals surface area contributed by atoms with Gasteiger partial charge in [0.1, 0.15) is 5.76 Å². The van der Waals surface area contributed by atoms with Crippen LogP contribution in [-0.2, 0) is 6.54 Å². The van der Waals surface area contributed by atoms with Crippen LogP contribution in [0.4, 0.5) is 5.95 Å². The maximum absolute atomic E-state index is 12.2. The van der Waals surface area contributed by atoms with E-state index in [1.54, 1.807) is 12.3 Å². The Kier molecular flexibility index (Phi) is 4.15. The van der Waals surface area contributed by atoms with E-state index in [0.717, 1.165) is 43.3 Å². The quantitative estimate of drug-likeness (QED) is 0.907. The van der Waals surface area contributed by atoms with Crippen molar-refractivity contribution in [2.24, 2.45) is 0 Å². The van der Waals surface area contributed by atoms with Gasteiger partial charge in [-0.3, -0.25) is 4.79 Å². The highest BCUT2D eigenvalue weighted by Crippen LogP contribution is 2.40. The van der Waals surface area contributed by atoms with Gasteiger partial charge in [-0.1, -0.05) is 5.16 Å². The van der Waals surface area contributed by atoms with Crippen LogP contribution in [0.25, 0.3) is 0 Å². The number of aromatic nitrogens is 3. The summed E-state index contributed by atoms with van der Waals surface area (Å²) in [4.78, 5) is 23.3. The maximum atomic E-state index is 12.2.